The maximum atomic E-state index is 12.2. The van der Waals surface area contributed by atoms with Crippen molar-refractivity contribution in [3.63, 3.8) is 0 Å². The normalized spacial score (nSPS) is 11.2. The third-order valence-corrected chi connectivity index (χ3v) is 4.10. The van der Waals surface area contributed by atoms with Gasteiger partial charge in [-0.25, -0.2) is 0 Å². The summed E-state index contributed by atoms with van der Waals surface area (Å²) in [5.41, 5.74) is 2.21. The Morgan fingerprint density at radius 3 is 3.00 bits per heavy atom. The number of anilines is 1. The van der Waals surface area contributed by atoms with E-state index in [0.29, 0.717) is 11.6 Å². The van der Waals surface area contributed by atoms with E-state index < -0.39 is 0 Å². The predicted octanol–water partition coefficient (Wildman–Crippen LogP) is 4.08. The number of aromatic nitrogens is 2. The molecule has 0 radical (unpaired) electrons. The molecule has 108 valence electrons. The standard InChI is InChI=1S/C16H17N3OS/c1-10(2)7-13-9-14(19-18-13)16(20)17-12-3-4-15-11(8-12)5-6-21-15/h3-6,8-10H,7H2,1-2H3,(H,17,20)(H,18,19). The number of rotatable bonds is 4. The summed E-state index contributed by atoms with van der Waals surface area (Å²) >= 11 is 1.69. The van der Waals surface area contributed by atoms with Crippen molar-refractivity contribution in [2.45, 2.75) is 20.3 Å². The van der Waals surface area contributed by atoms with Crippen LogP contribution < -0.4 is 5.32 Å². The minimum atomic E-state index is -0.184. The van der Waals surface area contributed by atoms with Crippen LogP contribution in [0.1, 0.15) is 30.0 Å². The minimum absolute atomic E-state index is 0.184. The SMILES string of the molecule is CC(C)Cc1cc(C(=O)Nc2ccc3sccc3c2)n[nH]1. The van der Waals surface area contributed by atoms with Gasteiger partial charge < -0.3 is 5.32 Å². The van der Waals surface area contributed by atoms with E-state index in [9.17, 15) is 4.79 Å². The smallest absolute Gasteiger partial charge is 0.276 e. The van der Waals surface area contributed by atoms with E-state index in [2.05, 4.69) is 29.4 Å². The highest BCUT2D eigenvalue weighted by Gasteiger charge is 2.11. The number of nitrogens with one attached hydrogen (secondary N) is 2. The van der Waals surface area contributed by atoms with Gasteiger partial charge in [0.05, 0.1) is 0 Å². The van der Waals surface area contributed by atoms with Crippen molar-refractivity contribution in [2.75, 3.05) is 5.32 Å². The van der Waals surface area contributed by atoms with Crippen molar-refractivity contribution >= 4 is 33.0 Å². The molecule has 0 saturated carbocycles. The molecule has 0 aliphatic carbocycles. The van der Waals surface area contributed by atoms with Crippen LogP contribution in [0.25, 0.3) is 10.1 Å². The van der Waals surface area contributed by atoms with Crippen molar-refractivity contribution < 1.29 is 4.79 Å². The number of H-pyrrole nitrogens is 1. The lowest BCUT2D eigenvalue weighted by Gasteiger charge is -2.03. The van der Waals surface area contributed by atoms with Gasteiger partial charge in [0.1, 0.15) is 0 Å². The van der Waals surface area contributed by atoms with Crippen LogP contribution in [0.5, 0.6) is 0 Å². The Labute approximate surface area is 127 Å². The lowest BCUT2D eigenvalue weighted by Crippen LogP contribution is -2.12. The summed E-state index contributed by atoms with van der Waals surface area (Å²) in [4.78, 5) is 12.2. The molecule has 3 aromatic rings. The Bertz CT molecular complexity index is 773. The fourth-order valence-corrected chi connectivity index (χ4v) is 3.03. The van der Waals surface area contributed by atoms with E-state index in [1.807, 2.05) is 35.7 Å². The van der Waals surface area contributed by atoms with E-state index in [1.165, 1.54) is 4.70 Å². The lowest BCUT2D eigenvalue weighted by atomic mass is 10.1. The van der Waals surface area contributed by atoms with E-state index in [4.69, 9.17) is 0 Å². The number of carbonyl (C=O) groups excluding carboxylic acids is 1. The second kappa shape index (κ2) is 5.69. The van der Waals surface area contributed by atoms with Gasteiger partial charge in [-0.15, -0.1) is 11.3 Å². The second-order valence-corrected chi connectivity index (χ2v) is 6.45. The van der Waals surface area contributed by atoms with Gasteiger partial charge >= 0.3 is 0 Å². The molecule has 4 nitrogen and oxygen atoms in total. The molecule has 21 heavy (non-hydrogen) atoms. The van der Waals surface area contributed by atoms with Gasteiger partial charge in [0.15, 0.2) is 5.69 Å². The van der Waals surface area contributed by atoms with Gasteiger partial charge in [0.2, 0.25) is 0 Å². The summed E-state index contributed by atoms with van der Waals surface area (Å²) in [5.74, 6) is 0.346. The van der Waals surface area contributed by atoms with Crippen LogP contribution in [0.2, 0.25) is 0 Å². The number of aromatic amines is 1. The Morgan fingerprint density at radius 2 is 2.19 bits per heavy atom. The van der Waals surface area contributed by atoms with Crippen molar-refractivity contribution in [1.29, 1.82) is 0 Å². The molecule has 0 fully saturated rings. The zero-order valence-electron chi connectivity index (χ0n) is 12.0. The monoisotopic (exact) mass is 299 g/mol. The summed E-state index contributed by atoms with van der Waals surface area (Å²) in [5, 5.41) is 13.1. The molecule has 0 bridgehead atoms. The number of thiophene rings is 1. The number of amides is 1. The maximum absolute atomic E-state index is 12.2. The van der Waals surface area contributed by atoms with Gasteiger partial charge in [0.25, 0.3) is 5.91 Å². The second-order valence-electron chi connectivity index (χ2n) is 5.50. The van der Waals surface area contributed by atoms with Crippen LogP contribution in [-0.4, -0.2) is 16.1 Å². The van der Waals surface area contributed by atoms with E-state index in [-0.39, 0.29) is 5.91 Å². The van der Waals surface area contributed by atoms with Crippen molar-refractivity contribution in [3.8, 4) is 0 Å². The zero-order valence-corrected chi connectivity index (χ0v) is 12.8. The van der Waals surface area contributed by atoms with Crippen LogP contribution in [0.15, 0.2) is 35.7 Å². The molecule has 0 saturated heterocycles. The summed E-state index contributed by atoms with van der Waals surface area (Å²) in [6.45, 7) is 4.27. The summed E-state index contributed by atoms with van der Waals surface area (Å²) in [6, 6.07) is 9.78. The van der Waals surface area contributed by atoms with Crippen LogP contribution in [-0.2, 0) is 6.42 Å². The number of hydrogen-bond acceptors (Lipinski definition) is 3. The van der Waals surface area contributed by atoms with Crippen molar-refractivity contribution in [1.82, 2.24) is 10.2 Å². The average Bonchev–Trinajstić information content (AvgIpc) is 3.06. The van der Waals surface area contributed by atoms with Gasteiger partial charge in [-0.3, -0.25) is 9.89 Å². The molecule has 0 unspecified atom stereocenters. The molecule has 2 aromatic heterocycles. The highest BCUT2D eigenvalue weighted by atomic mass is 32.1. The number of hydrogen-bond donors (Lipinski definition) is 2. The first-order valence-corrected chi connectivity index (χ1v) is 7.82. The van der Waals surface area contributed by atoms with Gasteiger partial charge in [-0.05, 0) is 53.4 Å². The number of carbonyl (C=O) groups is 1. The first kappa shape index (κ1) is 13.8. The Hall–Kier alpha value is -2.14. The third-order valence-electron chi connectivity index (χ3n) is 3.20. The Balaban J connectivity index is 1.74. The molecule has 0 aliphatic heterocycles. The van der Waals surface area contributed by atoms with Crippen molar-refractivity contribution in [3.05, 3.63) is 47.1 Å². The number of fused-ring (bicyclic) bond motifs is 1. The molecule has 1 aromatic carbocycles. The van der Waals surface area contributed by atoms with Crippen LogP contribution in [0.4, 0.5) is 5.69 Å². The molecule has 2 heterocycles. The van der Waals surface area contributed by atoms with Crippen molar-refractivity contribution in [2.24, 2.45) is 5.92 Å². The number of benzene rings is 1. The average molecular weight is 299 g/mol. The predicted molar refractivity (Wildman–Crippen MR) is 86.9 cm³/mol. The Morgan fingerprint density at radius 1 is 1.33 bits per heavy atom. The molecule has 3 rings (SSSR count). The quantitative estimate of drug-likeness (QED) is 0.762. The molecule has 1 amide bonds. The van der Waals surface area contributed by atoms with Gasteiger partial charge in [-0.2, -0.15) is 5.10 Å². The molecular weight excluding hydrogens is 282 g/mol. The molecule has 2 N–H and O–H groups in total. The Kier molecular flexibility index (Phi) is 3.75. The fourth-order valence-electron chi connectivity index (χ4n) is 2.26. The van der Waals surface area contributed by atoms with E-state index in [0.717, 1.165) is 23.2 Å². The third kappa shape index (κ3) is 3.13. The molecule has 5 heteroatoms. The summed E-state index contributed by atoms with van der Waals surface area (Å²) < 4.78 is 1.21. The fraction of sp³-hybridized carbons (Fsp3) is 0.250. The topological polar surface area (TPSA) is 57.8 Å². The first-order chi connectivity index (χ1) is 10.1. The highest BCUT2D eigenvalue weighted by molar-refractivity contribution is 7.17. The molecule has 0 aliphatic rings. The molecule has 0 atom stereocenters. The van der Waals surface area contributed by atoms with Gasteiger partial charge in [-0.1, -0.05) is 13.8 Å². The van der Waals surface area contributed by atoms with Crippen LogP contribution in [0, 0.1) is 5.92 Å². The van der Waals surface area contributed by atoms with Gasteiger partial charge in [0, 0.05) is 16.1 Å². The minimum Gasteiger partial charge on any atom is -0.321 e. The maximum Gasteiger partial charge on any atom is 0.276 e. The van der Waals surface area contributed by atoms with Crippen LogP contribution >= 0.6 is 11.3 Å². The summed E-state index contributed by atoms with van der Waals surface area (Å²) in [6.07, 6.45) is 0.890. The lowest BCUT2D eigenvalue weighted by molar-refractivity contribution is 0.102. The van der Waals surface area contributed by atoms with E-state index >= 15 is 0 Å². The molecular formula is C16H17N3OS. The molecule has 0 spiro atoms. The first-order valence-electron chi connectivity index (χ1n) is 6.95. The van der Waals surface area contributed by atoms with Crippen LogP contribution in [0.3, 0.4) is 0 Å². The number of nitrogens with zero attached hydrogens (tertiary/aromatic N) is 1. The summed E-state index contributed by atoms with van der Waals surface area (Å²) in [7, 11) is 0. The highest BCUT2D eigenvalue weighted by Crippen LogP contribution is 2.24. The zero-order chi connectivity index (χ0) is 14.8. The van der Waals surface area contributed by atoms with E-state index in [1.54, 1.807) is 11.3 Å². The largest absolute Gasteiger partial charge is 0.321 e.